The zero-order valence-corrected chi connectivity index (χ0v) is 10.2. The second kappa shape index (κ2) is 4.90. The van der Waals surface area contributed by atoms with Crippen LogP contribution in [0.2, 0.25) is 0 Å². The van der Waals surface area contributed by atoms with Gasteiger partial charge in [0, 0.05) is 41.2 Å². The predicted molar refractivity (Wildman–Crippen MR) is 49.1 cm³/mol. The molecule has 1 rings (SSSR count). The molecule has 0 heterocycles. The Morgan fingerprint density at radius 1 is 1.29 bits per heavy atom. The Labute approximate surface area is 103 Å². The van der Waals surface area contributed by atoms with Gasteiger partial charge in [-0.3, -0.25) is 9.35 Å². The zero-order valence-electron chi connectivity index (χ0n) is 7.34. The standard InChI is InChI=1S/C7H6O5S.Na/c8-4-5-1-2-6(9)3-7(5)13(10,11)12;/h1-4,9H,(H,10,11,12);. The topological polar surface area (TPSA) is 91.7 Å². The van der Waals surface area contributed by atoms with E-state index in [1.807, 2.05) is 0 Å². The predicted octanol–water partition coefficient (Wildman–Crippen LogP) is 0.0706. The maximum Gasteiger partial charge on any atom is 0.295 e. The van der Waals surface area contributed by atoms with E-state index < -0.39 is 15.0 Å². The molecule has 0 aliphatic rings. The van der Waals surface area contributed by atoms with E-state index in [2.05, 4.69) is 0 Å². The first kappa shape index (κ1) is 13.6. The SMILES string of the molecule is O=Cc1ccc(O)cc1S(=O)(=O)O.[Na]. The molecule has 0 atom stereocenters. The summed E-state index contributed by atoms with van der Waals surface area (Å²) >= 11 is 0. The molecule has 0 fully saturated rings. The summed E-state index contributed by atoms with van der Waals surface area (Å²) in [6.07, 6.45) is 0.280. The van der Waals surface area contributed by atoms with Crippen LogP contribution in [-0.4, -0.2) is 53.9 Å². The number of hydrogen-bond donors (Lipinski definition) is 2. The molecule has 0 bridgehead atoms. The Kier molecular flexibility index (Phi) is 4.76. The minimum atomic E-state index is -4.46. The first-order valence-electron chi connectivity index (χ1n) is 3.21. The molecule has 71 valence electrons. The first-order valence-corrected chi connectivity index (χ1v) is 4.65. The van der Waals surface area contributed by atoms with E-state index in [9.17, 15) is 13.2 Å². The summed E-state index contributed by atoms with van der Waals surface area (Å²) in [5.74, 6) is -0.335. The molecular formula is C7H6NaO5S. The molecule has 0 saturated heterocycles. The van der Waals surface area contributed by atoms with Crippen LogP contribution >= 0.6 is 0 Å². The van der Waals surface area contributed by atoms with Crippen molar-refractivity contribution in [3.05, 3.63) is 23.8 Å². The molecule has 0 amide bonds. The van der Waals surface area contributed by atoms with Gasteiger partial charge in [-0.05, 0) is 12.1 Å². The fraction of sp³-hybridized carbons (Fsp3) is 0. The van der Waals surface area contributed by atoms with E-state index in [1.165, 1.54) is 0 Å². The molecular weight excluding hydrogens is 219 g/mol. The minimum absolute atomic E-state index is 0. The van der Waals surface area contributed by atoms with Crippen LogP contribution in [0, 0.1) is 0 Å². The Bertz CT molecular complexity index is 439. The van der Waals surface area contributed by atoms with Gasteiger partial charge < -0.3 is 5.11 Å². The molecule has 0 aliphatic carbocycles. The first-order chi connectivity index (χ1) is 5.95. The van der Waals surface area contributed by atoms with Gasteiger partial charge in [0.2, 0.25) is 0 Å². The molecule has 5 nitrogen and oxygen atoms in total. The van der Waals surface area contributed by atoms with Crippen LogP contribution in [0.3, 0.4) is 0 Å². The van der Waals surface area contributed by atoms with Crippen molar-refractivity contribution >= 4 is 46.0 Å². The second-order valence-electron chi connectivity index (χ2n) is 2.32. The summed E-state index contributed by atoms with van der Waals surface area (Å²) in [5, 5.41) is 8.90. The van der Waals surface area contributed by atoms with E-state index in [0.29, 0.717) is 0 Å². The minimum Gasteiger partial charge on any atom is -0.508 e. The van der Waals surface area contributed by atoms with Crippen LogP contribution < -0.4 is 0 Å². The molecule has 2 N–H and O–H groups in total. The number of aldehydes is 1. The van der Waals surface area contributed by atoms with E-state index in [1.54, 1.807) is 0 Å². The third-order valence-electron chi connectivity index (χ3n) is 1.40. The average Bonchev–Trinajstić information content (AvgIpc) is 2.03. The van der Waals surface area contributed by atoms with Gasteiger partial charge >= 0.3 is 0 Å². The molecule has 0 spiro atoms. The summed E-state index contributed by atoms with van der Waals surface area (Å²) in [5.41, 5.74) is -0.194. The van der Waals surface area contributed by atoms with Gasteiger partial charge in [-0.2, -0.15) is 8.42 Å². The van der Waals surface area contributed by atoms with E-state index >= 15 is 0 Å². The van der Waals surface area contributed by atoms with Crippen molar-refractivity contribution in [2.75, 3.05) is 0 Å². The van der Waals surface area contributed by atoms with Gasteiger partial charge in [0.15, 0.2) is 6.29 Å². The normalized spacial score (nSPS) is 10.4. The number of phenolic OH excluding ortho intramolecular Hbond substituents is 1. The van der Waals surface area contributed by atoms with Crippen LogP contribution in [0.15, 0.2) is 23.1 Å². The summed E-state index contributed by atoms with van der Waals surface area (Å²) in [4.78, 5) is 9.73. The largest absolute Gasteiger partial charge is 0.508 e. The fourth-order valence-corrected chi connectivity index (χ4v) is 1.53. The van der Waals surface area contributed by atoms with Crippen LogP contribution in [0.4, 0.5) is 0 Å². The van der Waals surface area contributed by atoms with E-state index in [4.69, 9.17) is 9.66 Å². The summed E-state index contributed by atoms with van der Waals surface area (Å²) in [6, 6.07) is 3.06. The van der Waals surface area contributed by atoms with Crippen molar-refractivity contribution in [2.24, 2.45) is 0 Å². The maximum atomic E-state index is 10.7. The third kappa shape index (κ3) is 3.07. The van der Waals surface area contributed by atoms with E-state index in [0.717, 1.165) is 18.2 Å². The van der Waals surface area contributed by atoms with Gasteiger partial charge in [-0.15, -0.1) is 0 Å². The Morgan fingerprint density at radius 2 is 1.86 bits per heavy atom. The third-order valence-corrected chi connectivity index (χ3v) is 2.31. The number of aromatic hydroxyl groups is 1. The van der Waals surface area contributed by atoms with Crippen LogP contribution in [0.1, 0.15) is 10.4 Å². The zero-order chi connectivity index (χ0) is 10.1. The summed E-state index contributed by atoms with van der Waals surface area (Å²) in [6.45, 7) is 0. The van der Waals surface area contributed by atoms with Gasteiger partial charge in [0.1, 0.15) is 10.6 Å². The van der Waals surface area contributed by atoms with Crippen molar-refractivity contribution in [3.63, 3.8) is 0 Å². The summed E-state index contributed by atoms with van der Waals surface area (Å²) < 4.78 is 29.9. The molecule has 1 aromatic carbocycles. The van der Waals surface area contributed by atoms with Crippen molar-refractivity contribution in [1.29, 1.82) is 0 Å². The van der Waals surface area contributed by atoms with E-state index in [-0.39, 0.29) is 47.2 Å². The number of carbonyl (C=O) groups is 1. The number of benzene rings is 1. The van der Waals surface area contributed by atoms with Crippen LogP contribution in [-0.2, 0) is 10.1 Å². The molecule has 1 radical (unpaired) electrons. The average molecular weight is 225 g/mol. The van der Waals surface area contributed by atoms with Gasteiger partial charge in [0.05, 0.1) is 0 Å². The molecule has 14 heavy (non-hydrogen) atoms. The maximum absolute atomic E-state index is 10.7. The Hall–Kier alpha value is -0.400. The smallest absolute Gasteiger partial charge is 0.295 e. The Morgan fingerprint density at radius 3 is 2.29 bits per heavy atom. The Balaban J connectivity index is 0.00000169. The summed E-state index contributed by atoms with van der Waals surface area (Å²) in [7, 11) is -4.46. The number of hydrogen-bond acceptors (Lipinski definition) is 4. The van der Waals surface area contributed by atoms with Gasteiger partial charge in [-0.25, -0.2) is 0 Å². The van der Waals surface area contributed by atoms with Crippen LogP contribution in [0.5, 0.6) is 5.75 Å². The quantitative estimate of drug-likeness (QED) is 0.422. The molecule has 1 aromatic rings. The molecule has 0 aromatic heterocycles. The van der Waals surface area contributed by atoms with Crippen molar-refractivity contribution in [2.45, 2.75) is 4.90 Å². The molecule has 7 heteroatoms. The molecule has 0 aliphatic heterocycles. The molecule has 0 saturated carbocycles. The van der Waals surface area contributed by atoms with Crippen molar-refractivity contribution in [3.8, 4) is 5.75 Å². The molecule has 0 unspecified atom stereocenters. The van der Waals surface area contributed by atoms with Gasteiger partial charge in [0.25, 0.3) is 10.1 Å². The number of rotatable bonds is 2. The van der Waals surface area contributed by atoms with Crippen molar-refractivity contribution in [1.82, 2.24) is 0 Å². The fourth-order valence-electron chi connectivity index (χ4n) is 0.844. The van der Waals surface area contributed by atoms with Crippen LogP contribution in [0.25, 0.3) is 0 Å². The monoisotopic (exact) mass is 225 g/mol. The second-order valence-corrected chi connectivity index (χ2v) is 3.71. The number of carbonyl (C=O) groups excluding carboxylic acids is 1. The van der Waals surface area contributed by atoms with Crippen molar-refractivity contribution < 1.29 is 22.9 Å². The van der Waals surface area contributed by atoms with Gasteiger partial charge in [-0.1, -0.05) is 0 Å². The number of phenols is 1.